The predicted molar refractivity (Wildman–Crippen MR) is 160 cm³/mol. The van der Waals surface area contributed by atoms with Crippen LogP contribution in [-0.2, 0) is 25.6 Å². The molecule has 10 heteroatoms. The van der Waals surface area contributed by atoms with E-state index in [9.17, 15) is 14.4 Å². The maximum Gasteiger partial charge on any atom is 0.407 e. The number of hydrogen-bond acceptors (Lipinski definition) is 7. The molecule has 0 spiro atoms. The van der Waals surface area contributed by atoms with Crippen LogP contribution in [0.15, 0.2) is 48.5 Å². The summed E-state index contributed by atoms with van der Waals surface area (Å²) in [5.74, 6) is 0.00161. The minimum absolute atomic E-state index is 0.0495. The van der Waals surface area contributed by atoms with Crippen LogP contribution < -0.4 is 10.1 Å². The number of nitrogens with zero attached hydrogens (tertiary/aromatic N) is 2. The Morgan fingerprint density at radius 1 is 0.953 bits per heavy atom. The monoisotopic (exact) mass is 593 g/mol. The van der Waals surface area contributed by atoms with Crippen LogP contribution in [0.4, 0.5) is 4.79 Å². The molecule has 2 aromatic rings. The second kappa shape index (κ2) is 12.5. The molecule has 0 bridgehead atoms. The Bertz CT molecular complexity index is 1310. The van der Waals surface area contributed by atoms with Crippen LogP contribution >= 0.6 is 0 Å². The number of amides is 3. The Kier molecular flexibility index (Phi) is 8.99. The van der Waals surface area contributed by atoms with Gasteiger partial charge in [0.2, 0.25) is 0 Å². The van der Waals surface area contributed by atoms with E-state index in [0.717, 1.165) is 18.4 Å². The predicted octanol–water partition coefficient (Wildman–Crippen LogP) is 4.47. The van der Waals surface area contributed by atoms with Crippen LogP contribution in [0.2, 0.25) is 0 Å². The average molecular weight is 594 g/mol. The summed E-state index contributed by atoms with van der Waals surface area (Å²) < 4.78 is 22.9. The number of nitrogens with one attached hydrogen (secondary N) is 1. The van der Waals surface area contributed by atoms with E-state index in [1.807, 2.05) is 51.7 Å². The van der Waals surface area contributed by atoms with Gasteiger partial charge in [0.15, 0.2) is 12.4 Å². The fourth-order valence-corrected chi connectivity index (χ4v) is 5.91. The number of fused-ring (bicyclic) bond motifs is 1. The van der Waals surface area contributed by atoms with E-state index in [-0.39, 0.29) is 42.8 Å². The van der Waals surface area contributed by atoms with Crippen LogP contribution in [0.3, 0.4) is 0 Å². The molecule has 0 aromatic heterocycles. The Hall–Kier alpha value is -3.63. The molecule has 5 rings (SSSR count). The molecule has 3 aliphatic heterocycles. The molecule has 1 N–H and O–H groups in total. The summed E-state index contributed by atoms with van der Waals surface area (Å²) in [6, 6.07) is 15.1. The largest absolute Gasteiger partial charge is 0.484 e. The lowest BCUT2D eigenvalue weighted by Gasteiger charge is -2.32. The van der Waals surface area contributed by atoms with Crippen molar-refractivity contribution in [2.45, 2.75) is 83.5 Å². The first kappa shape index (κ1) is 30.8. The number of alkyl carbamates (subject to hydrolysis) is 1. The molecule has 2 atom stereocenters. The third-order valence-electron chi connectivity index (χ3n) is 7.93. The van der Waals surface area contributed by atoms with E-state index in [4.69, 9.17) is 18.9 Å². The lowest BCUT2D eigenvalue weighted by molar-refractivity contribution is -0.161. The molecule has 43 heavy (non-hydrogen) atoms. The van der Waals surface area contributed by atoms with E-state index < -0.39 is 11.9 Å². The maximum atomic E-state index is 13.3. The number of rotatable bonds is 7. The maximum absolute atomic E-state index is 13.3. The fourth-order valence-electron chi connectivity index (χ4n) is 5.91. The molecule has 2 unspecified atom stereocenters. The second-order valence-corrected chi connectivity index (χ2v) is 13.1. The summed E-state index contributed by atoms with van der Waals surface area (Å²) in [6.45, 7) is 11.8. The van der Waals surface area contributed by atoms with Gasteiger partial charge in [0.25, 0.3) is 11.8 Å². The van der Waals surface area contributed by atoms with Gasteiger partial charge in [0, 0.05) is 37.3 Å². The van der Waals surface area contributed by atoms with Crippen LogP contribution in [0.1, 0.15) is 74.9 Å². The van der Waals surface area contributed by atoms with E-state index in [1.165, 1.54) is 5.56 Å². The molecular weight excluding hydrogens is 550 g/mol. The van der Waals surface area contributed by atoms with Gasteiger partial charge in [-0.2, -0.15) is 0 Å². The third kappa shape index (κ3) is 8.06. The number of ether oxygens (including phenoxy) is 4. The first-order chi connectivity index (χ1) is 20.3. The van der Waals surface area contributed by atoms with Crippen molar-refractivity contribution in [3.63, 3.8) is 0 Å². The highest BCUT2D eigenvalue weighted by Gasteiger charge is 2.47. The van der Waals surface area contributed by atoms with E-state index in [2.05, 4.69) is 17.4 Å². The van der Waals surface area contributed by atoms with Gasteiger partial charge in [-0.1, -0.05) is 30.3 Å². The third-order valence-corrected chi connectivity index (χ3v) is 7.93. The van der Waals surface area contributed by atoms with Crippen molar-refractivity contribution >= 4 is 17.9 Å². The van der Waals surface area contributed by atoms with Crippen molar-refractivity contribution in [1.29, 1.82) is 0 Å². The number of carbonyl (C=O) groups excluding carboxylic acids is 3. The van der Waals surface area contributed by atoms with Crippen molar-refractivity contribution in [2.24, 2.45) is 0 Å². The smallest absolute Gasteiger partial charge is 0.407 e. The summed E-state index contributed by atoms with van der Waals surface area (Å²) in [5, 5.41) is 2.80. The van der Waals surface area contributed by atoms with Gasteiger partial charge < -0.3 is 34.1 Å². The van der Waals surface area contributed by atoms with Gasteiger partial charge in [0.1, 0.15) is 24.6 Å². The van der Waals surface area contributed by atoms with Crippen molar-refractivity contribution in [1.82, 2.24) is 15.1 Å². The Balaban J connectivity index is 1.09. The van der Waals surface area contributed by atoms with Gasteiger partial charge in [-0.3, -0.25) is 9.59 Å². The SMILES string of the molecule is CC(C)(C)NC(=O)OCc1cccc(C2CCN(C(=O)c3cccc(OCC(=O)N4CC5OC(C)(C)OC5C4)c3)CC2)c1. The quantitative estimate of drug-likeness (QED) is 0.505. The lowest BCUT2D eigenvalue weighted by atomic mass is 9.88. The van der Waals surface area contributed by atoms with Crippen LogP contribution in [0, 0.1) is 0 Å². The second-order valence-electron chi connectivity index (χ2n) is 13.1. The number of hydrogen-bond donors (Lipinski definition) is 1. The topological polar surface area (TPSA) is 107 Å². The first-order valence-corrected chi connectivity index (χ1v) is 15.0. The highest BCUT2D eigenvalue weighted by Crippen LogP contribution is 2.33. The first-order valence-electron chi connectivity index (χ1n) is 15.0. The minimum atomic E-state index is -0.615. The summed E-state index contributed by atoms with van der Waals surface area (Å²) in [6.07, 6.45) is 1.01. The summed E-state index contributed by atoms with van der Waals surface area (Å²) >= 11 is 0. The molecule has 3 heterocycles. The van der Waals surface area contributed by atoms with E-state index in [1.54, 1.807) is 29.2 Å². The van der Waals surface area contributed by atoms with Crippen molar-refractivity contribution in [3.8, 4) is 5.75 Å². The van der Waals surface area contributed by atoms with Crippen molar-refractivity contribution < 1.29 is 33.3 Å². The Labute approximate surface area is 253 Å². The van der Waals surface area contributed by atoms with Gasteiger partial charge in [-0.25, -0.2) is 4.79 Å². The van der Waals surface area contributed by atoms with Crippen LogP contribution in [-0.4, -0.2) is 84.0 Å². The molecule has 3 amide bonds. The van der Waals surface area contributed by atoms with Crippen LogP contribution in [0.25, 0.3) is 0 Å². The molecule has 232 valence electrons. The molecular formula is C33H43N3O7. The number of carbonyl (C=O) groups is 3. The van der Waals surface area contributed by atoms with Gasteiger partial charge >= 0.3 is 6.09 Å². The number of likely N-dealkylation sites (tertiary alicyclic amines) is 2. The highest BCUT2D eigenvalue weighted by atomic mass is 16.8. The normalized spacial score (nSPS) is 21.8. The molecule has 3 fully saturated rings. The standard InChI is InChI=1S/C33H43N3O7/c1-32(2,3)34-31(39)41-20-22-8-6-9-24(16-22)23-12-14-35(15-13-23)30(38)25-10-7-11-26(17-25)40-21-29(37)36-18-27-28(19-36)43-33(4,5)42-27/h6-11,16-17,23,27-28H,12-15,18-21H2,1-5H3,(H,34,39). The molecule has 2 aromatic carbocycles. The molecule has 0 saturated carbocycles. The summed E-state index contributed by atoms with van der Waals surface area (Å²) in [4.78, 5) is 41.7. The van der Waals surface area contributed by atoms with Crippen molar-refractivity contribution in [3.05, 3.63) is 65.2 Å². The van der Waals surface area contributed by atoms with E-state index >= 15 is 0 Å². The highest BCUT2D eigenvalue weighted by molar-refractivity contribution is 5.94. The van der Waals surface area contributed by atoms with Gasteiger partial charge in [-0.15, -0.1) is 0 Å². The molecule has 3 aliphatic rings. The lowest BCUT2D eigenvalue weighted by Crippen LogP contribution is -2.40. The number of benzene rings is 2. The molecule has 0 aliphatic carbocycles. The average Bonchev–Trinajstić information content (AvgIpc) is 3.48. The summed E-state index contributed by atoms with van der Waals surface area (Å²) in [5.41, 5.74) is 2.31. The fraction of sp³-hybridized carbons (Fsp3) is 0.545. The van der Waals surface area contributed by atoms with Gasteiger partial charge in [0.05, 0.1) is 0 Å². The molecule has 0 radical (unpaired) electrons. The zero-order chi connectivity index (χ0) is 30.8. The van der Waals surface area contributed by atoms with Crippen molar-refractivity contribution in [2.75, 3.05) is 32.8 Å². The van der Waals surface area contributed by atoms with E-state index in [0.29, 0.717) is 43.4 Å². The Morgan fingerprint density at radius 2 is 1.63 bits per heavy atom. The molecule has 3 saturated heterocycles. The zero-order valence-corrected chi connectivity index (χ0v) is 25.8. The van der Waals surface area contributed by atoms with Gasteiger partial charge in [-0.05, 0) is 82.7 Å². The molecule has 10 nitrogen and oxygen atoms in total. The zero-order valence-electron chi connectivity index (χ0n) is 25.8. The summed E-state index contributed by atoms with van der Waals surface area (Å²) in [7, 11) is 0. The van der Waals surface area contributed by atoms with Crippen LogP contribution in [0.5, 0.6) is 5.75 Å². The minimum Gasteiger partial charge on any atom is -0.484 e. The number of piperidine rings is 1. The Morgan fingerprint density at radius 3 is 2.30 bits per heavy atom.